The van der Waals surface area contributed by atoms with E-state index in [0.29, 0.717) is 23.7 Å². The van der Waals surface area contributed by atoms with Crippen molar-refractivity contribution >= 4 is 22.4 Å². The van der Waals surface area contributed by atoms with Gasteiger partial charge in [0.1, 0.15) is 4.88 Å². The van der Waals surface area contributed by atoms with Crippen molar-refractivity contribution in [2.24, 2.45) is 0 Å². The molecule has 1 aromatic rings. The van der Waals surface area contributed by atoms with Crippen LogP contribution in [0.3, 0.4) is 0 Å². The maximum absolute atomic E-state index is 11.2. The van der Waals surface area contributed by atoms with E-state index in [1.807, 2.05) is 39.6 Å². The van der Waals surface area contributed by atoms with Gasteiger partial charge in [-0.2, -0.15) is 0 Å². The third-order valence-corrected chi connectivity index (χ3v) is 3.76. The minimum Gasteiger partial charge on any atom is -0.477 e. The van der Waals surface area contributed by atoms with Crippen molar-refractivity contribution in [2.45, 2.75) is 39.7 Å². The van der Waals surface area contributed by atoms with Crippen LogP contribution in [0.2, 0.25) is 0 Å². The molecule has 0 fully saturated rings. The van der Waals surface area contributed by atoms with E-state index in [-0.39, 0.29) is 12.0 Å². The van der Waals surface area contributed by atoms with Crippen molar-refractivity contribution in [3.05, 3.63) is 10.6 Å². The van der Waals surface area contributed by atoms with E-state index in [1.54, 1.807) is 0 Å². The molecule has 1 N–H and O–H groups in total. The lowest BCUT2D eigenvalue weighted by atomic mass is 10.1. The summed E-state index contributed by atoms with van der Waals surface area (Å²) < 4.78 is 5.48. The van der Waals surface area contributed by atoms with Crippen molar-refractivity contribution < 1.29 is 14.6 Å². The number of aromatic nitrogens is 1. The largest absolute Gasteiger partial charge is 0.477 e. The second-order valence-corrected chi connectivity index (χ2v) is 5.99. The molecule has 0 radical (unpaired) electrons. The van der Waals surface area contributed by atoms with Gasteiger partial charge in [0.25, 0.3) is 0 Å². The Morgan fingerprint density at radius 3 is 2.47 bits per heavy atom. The number of anilines is 1. The van der Waals surface area contributed by atoms with Crippen molar-refractivity contribution in [2.75, 3.05) is 25.1 Å². The third kappa shape index (κ3) is 4.47. The van der Waals surface area contributed by atoms with Gasteiger partial charge in [-0.25, -0.2) is 9.78 Å². The zero-order valence-electron chi connectivity index (χ0n) is 12.1. The second-order valence-electron chi connectivity index (χ2n) is 5.01. The van der Waals surface area contributed by atoms with Gasteiger partial charge in [0.15, 0.2) is 5.13 Å². The Bertz CT molecular complexity index is 430. The van der Waals surface area contributed by atoms with Crippen molar-refractivity contribution in [3.63, 3.8) is 0 Å². The Hall–Kier alpha value is -1.14. The molecule has 0 saturated carbocycles. The lowest BCUT2D eigenvalue weighted by Gasteiger charge is -2.16. The predicted octanol–water partition coefficient (Wildman–Crippen LogP) is 2.83. The lowest BCUT2D eigenvalue weighted by Crippen LogP contribution is -2.23. The minimum absolute atomic E-state index is 0.108. The molecule has 19 heavy (non-hydrogen) atoms. The molecule has 0 bridgehead atoms. The van der Waals surface area contributed by atoms with Gasteiger partial charge < -0.3 is 14.7 Å². The number of rotatable bonds is 7. The Kier molecular flexibility index (Phi) is 5.75. The summed E-state index contributed by atoms with van der Waals surface area (Å²) in [7, 11) is 1.90. The van der Waals surface area contributed by atoms with Gasteiger partial charge in [0, 0.05) is 13.6 Å². The number of ether oxygens (including phenoxy) is 1. The molecule has 108 valence electrons. The molecule has 0 unspecified atom stereocenters. The minimum atomic E-state index is -0.903. The molecule has 0 aliphatic heterocycles. The number of thiazole rings is 1. The maximum atomic E-state index is 11.2. The van der Waals surface area contributed by atoms with Crippen LogP contribution in [0.4, 0.5) is 5.13 Å². The van der Waals surface area contributed by atoms with Gasteiger partial charge in [0.05, 0.1) is 18.4 Å². The fourth-order valence-corrected chi connectivity index (χ4v) is 2.60. The first kappa shape index (κ1) is 15.9. The molecule has 0 saturated heterocycles. The Morgan fingerprint density at radius 1 is 1.42 bits per heavy atom. The van der Waals surface area contributed by atoms with Gasteiger partial charge in [0.2, 0.25) is 0 Å². The van der Waals surface area contributed by atoms with Crippen LogP contribution in [0.1, 0.15) is 49.0 Å². The molecule has 6 heteroatoms. The molecule has 0 aliphatic rings. The van der Waals surface area contributed by atoms with E-state index in [4.69, 9.17) is 4.74 Å². The van der Waals surface area contributed by atoms with Crippen LogP contribution in [0, 0.1) is 0 Å². The van der Waals surface area contributed by atoms with E-state index in [0.717, 1.165) is 5.13 Å². The van der Waals surface area contributed by atoms with Crippen LogP contribution in [0.25, 0.3) is 0 Å². The number of hydrogen-bond donors (Lipinski definition) is 1. The molecule has 1 rings (SSSR count). The first-order valence-corrected chi connectivity index (χ1v) is 7.21. The third-order valence-electron chi connectivity index (χ3n) is 2.59. The Labute approximate surface area is 118 Å². The maximum Gasteiger partial charge on any atom is 0.347 e. The van der Waals surface area contributed by atoms with E-state index in [2.05, 4.69) is 4.98 Å². The van der Waals surface area contributed by atoms with Gasteiger partial charge in [-0.3, -0.25) is 0 Å². The van der Waals surface area contributed by atoms with Crippen LogP contribution in [0.15, 0.2) is 0 Å². The average Bonchev–Trinajstić information content (AvgIpc) is 2.73. The molecule has 0 spiro atoms. The Morgan fingerprint density at radius 2 is 2.05 bits per heavy atom. The van der Waals surface area contributed by atoms with Crippen LogP contribution in [-0.2, 0) is 4.74 Å². The Balaban J connectivity index is 2.77. The smallest absolute Gasteiger partial charge is 0.347 e. The fraction of sp³-hybridized carbons (Fsp3) is 0.692. The van der Waals surface area contributed by atoms with Gasteiger partial charge >= 0.3 is 5.97 Å². The zero-order valence-corrected chi connectivity index (χ0v) is 13.0. The fourth-order valence-electron chi connectivity index (χ4n) is 1.55. The molecule has 1 heterocycles. The first-order valence-electron chi connectivity index (χ1n) is 6.39. The number of likely N-dealkylation sites (N-methyl/N-ethyl adjacent to an activating group) is 1. The summed E-state index contributed by atoms with van der Waals surface area (Å²) in [6, 6.07) is 0. The van der Waals surface area contributed by atoms with Gasteiger partial charge in [-0.1, -0.05) is 25.2 Å². The van der Waals surface area contributed by atoms with Crippen molar-refractivity contribution in [3.8, 4) is 0 Å². The molecule has 0 atom stereocenters. The monoisotopic (exact) mass is 286 g/mol. The summed E-state index contributed by atoms with van der Waals surface area (Å²) in [5.41, 5.74) is 0.657. The summed E-state index contributed by atoms with van der Waals surface area (Å²) in [6.07, 6.45) is 0.200. The standard InChI is InChI=1S/C13H22N2O3S/c1-8(2)10-11(12(16)17)19-13(14-10)15(5)6-7-18-9(3)4/h8-9H,6-7H2,1-5H3,(H,16,17). The van der Waals surface area contributed by atoms with E-state index >= 15 is 0 Å². The molecule has 0 amide bonds. The molecular weight excluding hydrogens is 264 g/mol. The van der Waals surface area contributed by atoms with Crippen LogP contribution >= 0.6 is 11.3 Å². The van der Waals surface area contributed by atoms with Crippen molar-refractivity contribution in [1.29, 1.82) is 0 Å². The lowest BCUT2D eigenvalue weighted by molar-refractivity contribution is 0.0700. The van der Waals surface area contributed by atoms with E-state index < -0.39 is 5.97 Å². The SMILES string of the molecule is CC(C)OCCN(C)c1nc(C(C)C)c(C(=O)O)s1. The van der Waals surface area contributed by atoms with Crippen LogP contribution in [-0.4, -0.2) is 42.4 Å². The van der Waals surface area contributed by atoms with E-state index in [9.17, 15) is 9.90 Å². The highest BCUT2D eigenvalue weighted by Crippen LogP contribution is 2.30. The highest BCUT2D eigenvalue weighted by molar-refractivity contribution is 7.17. The number of aromatic carboxylic acids is 1. The van der Waals surface area contributed by atoms with Crippen LogP contribution < -0.4 is 4.90 Å². The average molecular weight is 286 g/mol. The van der Waals surface area contributed by atoms with Crippen molar-refractivity contribution in [1.82, 2.24) is 4.98 Å². The molecule has 0 aliphatic carbocycles. The highest BCUT2D eigenvalue weighted by Gasteiger charge is 2.21. The second kappa shape index (κ2) is 6.86. The van der Waals surface area contributed by atoms with E-state index in [1.165, 1.54) is 11.3 Å². The summed E-state index contributed by atoms with van der Waals surface area (Å²) in [5.74, 6) is -0.796. The van der Waals surface area contributed by atoms with Gasteiger partial charge in [-0.05, 0) is 19.8 Å². The topological polar surface area (TPSA) is 62.7 Å². The summed E-state index contributed by atoms with van der Waals surface area (Å²) in [6.45, 7) is 9.18. The number of carboxylic acids is 1. The summed E-state index contributed by atoms with van der Waals surface area (Å²) in [5, 5.41) is 9.92. The predicted molar refractivity (Wildman–Crippen MR) is 77.5 cm³/mol. The number of nitrogens with zero attached hydrogens (tertiary/aromatic N) is 2. The summed E-state index contributed by atoms with van der Waals surface area (Å²) in [4.78, 5) is 17.9. The first-order chi connectivity index (χ1) is 8.82. The number of hydrogen-bond acceptors (Lipinski definition) is 5. The highest BCUT2D eigenvalue weighted by atomic mass is 32.1. The molecular formula is C13H22N2O3S. The molecule has 1 aromatic heterocycles. The van der Waals surface area contributed by atoms with Gasteiger partial charge in [-0.15, -0.1) is 0 Å². The molecule has 5 nitrogen and oxygen atoms in total. The summed E-state index contributed by atoms with van der Waals surface area (Å²) >= 11 is 1.22. The zero-order chi connectivity index (χ0) is 14.6. The normalized spacial score (nSPS) is 11.3. The van der Waals surface area contributed by atoms with Crippen LogP contribution in [0.5, 0.6) is 0 Å². The quantitative estimate of drug-likeness (QED) is 0.835. The molecule has 0 aromatic carbocycles. The number of carboxylic acid groups (broad SMARTS) is 1. The number of carbonyl (C=O) groups is 1.